The van der Waals surface area contributed by atoms with E-state index in [0.717, 1.165) is 24.2 Å². The molecule has 0 saturated carbocycles. The van der Waals surface area contributed by atoms with E-state index in [0.29, 0.717) is 13.1 Å². The Morgan fingerprint density at radius 3 is 3.00 bits per heavy atom. The second-order valence-electron chi connectivity index (χ2n) is 4.42. The second-order valence-corrected chi connectivity index (χ2v) is 4.42. The van der Waals surface area contributed by atoms with Crippen molar-refractivity contribution in [2.24, 2.45) is 0 Å². The molecule has 0 aliphatic carbocycles. The highest BCUT2D eigenvalue weighted by molar-refractivity contribution is 5.76. The molecule has 5 nitrogen and oxygen atoms in total. The smallest absolute Gasteiger partial charge is 0.242 e. The number of fused-ring (bicyclic) bond motifs is 1. The van der Waals surface area contributed by atoms with Crippen molar-refractivity contribution in [3.63, 3.8) is 0 Å². The lowest BCUT2D eigenvalue weighted by atomic mass is 10.1. The third kappa shape index (κ3) is 2.11. The summed E-state index contributed by atoms with van der Waals surface area (Å²) in [4.78, 5) is 22.3. The van der Waals surface area contributed by atoms with E-state index in [4.69, 9.17) is 0 Å². The van der Waals surface area contributed by atoms with Crippen LogP contribution in [0.1, 0.15) is 11.3 Å². The van der Waals surface area contributed by atoms with Crippen molar-refractivity contribution < 1.29 is 4.79 Å². The number of amides is 1. The van der Waals surface area contributed by atoms with Gasteiger partial charge in [0, 0.05) is 43.7 Å². The van der Waals surface area contributed by atoms with E-state index in [-0.39, 0.29) is 5.91 Å². The Balaban J connectivity index is 1.70. The van der Waals surface area contributed by atoms with Crippen LogP contribution in [0.4, 0.5) is 0 Å². The highest BCUT2D eigenvalue weighted by Crippen LogP contribution is 2.15. The van der Waals surface area contributed by atoms with E-state index in [9.17, 15) is 4.79 Å². The van der Waals surface area contributed by atoms with Crippen molar-refractivity contribution in [1.29, 1.82) is 0 Å². The predicted octanol–water partition coefficient (Wildman–Crippen LogP) is 0.863. The Kier molecular flexibility index (Phi) is 2.80. The Morgan fingerprint density at radius 2 is 2.17 bits per heavy atom. The third-order valence-electron chi connectivity index (χ3n) is 3.20. The van der Waals surface area contributed by atoms with Crippen LogP contribution in [0.15, 0.2) is 37.1 Å². The van der Waals surface area contributed by atoms with Crippen LogP contribution < -0.4 is 0 Å². The molecule has 92 valence electrons. The molecule has 0 radical (unpaired) electrons. The van der Waals surface area contributed by atoms with Crippen LogP contribution >= 0.6 is 0 Å². The number of aromatic nitrogens is 3. The molecule has 3 rings (SSSR count). The van der Waals surface area contributed by atoms with Gasteiger partial charge in [0.15, 0.2) is 0 Å². The molecule has 0 saturated heterocycles. The summed E-state index contributed by atoms with van der Waals surface area (Å²) in [5, 5.41) is 0. The lowest BCUT2D eigenvalue weighted by Crippen LogP contribution is -2.38. The topological polar surface area (TPSA) is 51.0 Å². The quantitative estimate of drug-likeness (QED) is 0.785. The van der Waals surface area contributed by atoms with Crippen LogP contribution in [-0.2, 0) is 24.3 Å². The van der Waals surface area contributed by atoms with Gasteiger partial charge in [-0.1, -0.05) is 0 Å². The average Bonchev–Trinajstić information content (AvgIpc) is 2.91. The SMILES string of the molecule is O=C(Cn1cccc1)N1CCc2ncncc2C1. The van der Waals surface area contributed by atoms with Crippen molar-refractivity contribution in [2.45, 2.75) is 19.5 Å². The molecule has 3 heterocycles. The Hall–Kier alpha value is -2.17. The average molecular weight is 242 g/mol. The van der Waals surface area contributed by atoms with Gasteiger partial charge in [-0.3, -0.25) is 4.79 Å². The maximum Gasteiger partial charge on any atom is 0.242 e. The van der Waals surface area contributed by atoms with E-state index >= 15 is 0 Å². The summed E-state index contributed by atoms with van der Waals surface area (Å²) in [7, 11) is 0. The largest absolute Gasteiger partial charge is 0.345 e. The zero-order valence-corrected chi connectivity index (χ0v) is 9.99. The van der Waals surface area contributed by atoms with Gasteiger partial charge in [-0.25, -0.2) is 9.97 Å². The van der Waals surface area contributed by atoms with Crippen LogP contribution in [0.25, 0.3) is 0 Å². The fraction of sp³-hybridized carbons (Fsp3) is 0.308. The first-order valence-electron chi connectivity index (χ1n) is 5.99. The molecular weight excluding hydrogens is 228 g/mol. The molecule has 0 aromatic carbocycles. The van der Waals surface area contributed by atoms with Gasteiger partial charge in [0.25, 0.3) is 0 Å². The van der Waals surface area contributed by atoms with Crippen molar-refractivity contribution in [2.75, 3.05) is 6.54 Å². The summed E-state index contributed by atoms with van der Waals surface area (Å²) in [6.07, 6.45) is 7.99. The molecule has 1 aliphatic rings. The zero-order chi connectivity index (χ0) is 12.4. The number of hydrogen-bond acceptors (Lipinski definition) is 3. The van der Waals surface area contributed by atoms with E-state index in [1.54, 1.807) is 12.5 Å². The number of hydrogen-bond donors (Lipinski definition) is 0. The minimum atomic E-state index is 0.140. The zero-order valence-electron chi connectivity index (χ0n) is 9.99. The van der Waals surface area contributed by atoms with Crippen LogP contribution in [0, 0.1) is 0 Å². The Bertz CT molecular complexity index is 550. The minimum Gasteiger partial charge on any atom is -0.345 e. The molecule has 2 aromatic rings. The van der Waals surface area contributed by atoms with Gasteiger partial charge >= 0.3 is 0 Å². The summed E-state index contributed by atoms with van der Waals surface area (Å²) in [6, 6.07) is 3.85. The number of nitrogens with zero attached hydrogens (tertiary/aromatic N) is 4. The summed E-state index contributed by atoms with van der Waals surface area (Å²) >= 11 is 0. The normalized spacial score (nSPS) is 14.3. The van der Waals surface area contributed by atoms with Crippen LogP contribution in [0.5, 0.6) is 0 Å². The lowest BCUT2D eigenvalue weighted by Gasteiger charge is -2.28. The summed E-state index contributed by atoms with van der Waals surface area (Å²) in [6.45, 7) is 1.76. The van der Waals surface area contributed by atoms with Crippen molar-refractivity contribution in [3.8, 4) is 0 Å². The van der Waals surface area contributed by atoms with Crippen LogP contribution in [0.2, 0.25) is 0 Å². The third-order valence-corrected chi connectivity index (χ3v) is 3.20. The Morgan fingerprint density at radius 1 is 1.33 bits per heavy atom. The molecule has 0 spiro atoms. The minimum absolute atomic E-state index is 0.140. The number of carbonyl (C=O) groups is 1. The van der Waals surface area contributed by atoms with Gasteiger partial charge in [-0.05, 0) is 12.1 Å². The molecule has 0 N–H and O–H groups in total. The van der Waals surface area contributed by atoms with Crippen molar-refractivity contribution >= 4 is 5.91 Å². The van der Waals surface area contributed by atoms with Crippen molar-refractivity contribution in [1.82, 2.24) is 19.4 Å². The lowest BCUT2D eigenvalue weighted by molar-refractivity contribution is -0.132. The van der Waals surface area contributed by atoms with Gasteiger partial charge in [-0.15, -0.1) is 0 Å². The molecule has 1 amide bonds. The summed E-state index contributed by atoms with van der Waals surface area (Å²) in [5.74, 6) is 0.140. The highest BCUT2D eigenvalue weighted by Gasteiger charge is 2.21. The molecule has 0 fully saturated rings. The maximum absolute atomic E-state index is 12.1. The van der Waals surface area contributed by atoms with Gasteiger partial charge < -0.3 is 9.47 Å². The molecule has 0 bridgehead atoms. The fourth-order valence-corrected chi connectivity index (χ4v) is 2.21. The molecule has 5 heteroatoms. The molecule has 1 aliphatic heterocycles. The number of rotatable bonds is 2. The van der Waals surface area contributed by atoms with Gasteiger partial charge in [0.05, 0.1) is 5.69 Å². The molecule has 0 atom stereocenters. The number of carbonyl (C=O) groups excluding carboxylic acids is 1. The van der Waals surface area contributed by atoms with Gasteiger partial charge in [0.2, 0.25) is 5.91 Å². The standard InChI is InChI=1S/C13H14N4O/c18-13(9-16-4-1-2-5-16)17-6-3-12-11(8-17)7-14-10-15-12/h1-2,4-5,7,10H,3,6,8-9H2. The highest BCUT2D eigenvalue weighted by atomic mass is 16.2. The first-order chi connectivity index (χ1) is 8.83. The first-order valence-corrected chi connectivity index (χ1v) is 5.99. The second kappa shape index (κ2) is 4.60. The van der Waals surface area contributed by atoms with Crippen LogP contribution in [-0.4, -0.2) is 31.9 Å². The van der Waals surface area contributed by atoms with E-state index in [2.05, 4.69) is 9.97 Å². The predicted molar refractivity (Wildman–Crippen MR) is 65.6 cm³/mol. The van der Waals surface area contributed by atoms with Crippen molar-refractivity contribution in [3.05, 3.63) is 48.3 Å². The molecular formula is C13H14N4O. The van der Waals surface area contributed by atoms with E-state index in [1.807, 2.05) is 34.0 Å². The van der Waals surface area contributed by atoms with Gasteiger partial charge in [-0.2, -0.15) is 0 Å². The van der Waals surface area contributed by atoms with Crippen LogP contribution in [0.3, 0.4) is 0 Å². The van der Waals surface area contributed by atoms with E-state index < -0.39 is 0 Å². The first kappa shape index (κ1) is 11.0. The fourth-order valence-electron chi connectivity index (χ4n) is 2.21. The van der Waals surface area contributed by atoms with Gasteiger partial charge in [0.1, 0.15) is 12.9 Å². The Labute approximate surface area is 105 Å². The summed E-state index contributed by atoms with van der Waals surface area (Å²) < 4.78 is 1.89. The van der Waals surface area contributed by atoms with E-state index in [1.165, 1.54) is 0 Å². The molecule has 2 aromatic heterocycles. The monoisotopic (exact) mass is 242 g/mol. The maximum atomic E-state index is 12.1. The molecule has 18 heavy (non-hydrogen) atoms. The summed E-state index contributed by atoms with van der Waals surface area (Å²) in [5.41, 5.74) is 2.12. The molecule has 0 unspecified atom stereocenters.